The number of nitrogens with one attached hydrogen (secondary N) is 2. The van der Waals surface area contributed by atoms with Crippen molar-refractivity contribution in [2.24, 2.45) is 4.99 Å². The third-order valence-corrected chi connectivity index (χ3v) is 9.19. The summed E-state index contributed by atoms with van der Waals surface area (Å²) in [6, 6.07) is 33.6. The first-order valence-corrected chi connectivity index (χ1v) is 16.3. The zero-order chi connectivity index (χ0) is 32.3. The van der Waals surface area contributed by atoms with Gasteiger partial charge in [-0.05, 0) is 61.1 Å². The van der Waals surface area contributed by atoms with Gasteiger partial charge in [-0.3, -0.25) is 14.6 Å². The van der Waals surface area contributed by atoms with Gasteiger partial charge in [0, 0.05) is 48.3 Å². The average molecular weight is 623 g/mol. The summed E-state index contributed by atoms with van der Waals surface area (Å²) in [5.74, 6) is 1.16. The SMILES string of the molecule is CN(C)c1nc(N[C@H]2CC[C@@H](NC(=O)c3ccc(C/N=C4/c5ccccc5C(=O)C4c4ccccc4)cc3)CC2)nc2ccccc12. The number of hydrogen-bond acceptors (Lipinski definition) is 7. The van der Waals surface area contributed by atoms with E-state index < -0.39 is 5.92 Å². The van der Waals surface area contributed by atoms with E-state index in [1.54, 1.807) is 0 Å². The summed E-state index contributed by atoms with van der Waals surface area (Å²) in [4.78, 5) is 43.0. The second-order valence-corrected chi connectivity index (χ2v) is 12.6. The van der Waals surface area contributed by atoms with Crippen LogP contribution in [0.1, 0.15) is 69.0 Å². The van der Waals surface area contributed by atoms with Crippen LogP contribution in [0, 0.1) is 0 Å². The molecule has 4 aromatic carbocycles. The van der Waals surface area contributed by atoms with Crippen molar-refractivity contribution in [2.45, 2.75) is 50.2 Å². The van der Waals surface area contributed by atoms with Crippen LogP contribution in [0.25, 0.3) is 10.9 Å². The minimum atomic E-state index is -0.403. The van der Waals surface area contributed by atoms with Crippen molar-refractivity contribution in [3.8, 4) is 0 Å². The van der Waals surface area contributed by atoms with Gasteiger partial charge in [0.15, 0.2) is 5.78 Å². The van der Waals surface area contributed by atoms with Gasteiger partial charge in [-0.25, -0.2) is 4.98 Å². The highest BCUT2D eigenvalue weighted by Crippen LogP contribution is 2.35. The highest BCUT2D eigenvalue weighted by atomic mass is 16.1. The van der Waals surface area contributed by atoms with E-state index >= 15 is 0 Å². The molecule has 2 aliphatic carbocycles. The molecule has 1 saturated carbocycles. The van der Waals surface area contributed by atoms with Gasteiger partial charge in [0.05, 0.1) is 23.7 Å². The van der Waals surface area contributed by atoms with E-state index in [0.29, 0.717) is 18.1 Å². The van der Waals surface area contributed by atoms with Gasteiger partial charge in [-0.15, -0.1) is 0 Å². The number of aromatic nitrogens is 2. The number of benzene rings is 4. The van der Waals surface area contributed by atoms with Crippen LogP contribution in [0.5, 0.6) is 0 Å². The van der Waals surface area contributed by atoms with Gasteiger partial charge in [-0.2, -0.15) is 4.98 Å². The van der Waals surface area contributed by atoms with Crippen molar-refractivity contribution in [2.75, 3.05) is 24.3 Å². The number of carbonyl (C=O) groups excluding carboxylic acids is 2. The van der Waals surface area contributed by atoms with Crippen LogP contribution in [0.2, 0.25) is 0 Å². The van der Waals surface area contributed by atoms with Crippen molar-refractivity contribution in [1.82, 2.24) is 15.3 Å². The van der Waals surface area contributed by atoms with Crippen molar-refractivity contribution < 1.29 is 9.59 Å². The molecule has 0 saturated heterocycles. The van der Waals surface area contributed by atoms with E-state index in [9.17, 15) is 9.59 Å². The quantitative estimate of drug-likeness (QED) is 0.197. The van der Waals surface area contributed by atoms with E-state index in [2.05, 4.69) is 10.6 Å². The first-order valence-electron chi connectivity index (χ1n) is 16.3. The largest absolute Gasteiger partial charge is 0.362 e. The van der Waals surface area contributed by atoms with Crippen LogP contribution in [0.4, 0.5) is 11.8 Å². The first-order chi connectivity index (χ1) is 22.9. The molecule has 0 spiro atoms. The molecule has 0 bridgehead atoms. The zero-order valence-corrected chi connectivity index (χ0v) is 26.7. The summed E-state index contributed by atoms with van der Waals surface area (Å²) < 4.78 is 0. The van der Waals surface area contributed by atoms with Gasteiger partial charge in [0.25, 0.3) is 5.91 Å². The topological polar surface area (TPSA) is 99.6 Å². The van der Waals surface area contributed by atoms with Gasteiger partial charge in [0.1, 0.15) is 5.82 Å². The third kappa shape index (κ3) is 6.36. The second kappa shape index (κ2) is 13.2. The fourth-order valence-electron chi connectivity index (χ4n) is 6.72. The maximum Gasteiger partial charge on any atom is 0.251 e. The highest BCUT2D eigenvalue weighted by molar-refractivity contribution is 6.31. The van der Waals surface area contributed by atoms with E-state index in [0.717, 1.165) is 70.4 Å². The highest BCUT2D eigenvalue weighted by Gasteiger charge is 2.37. The van der Waals surface area contributed by atoms with Crippen LogP contribution in [-0.4, -0.2) is 53.5 Å². The molecule has 8 nitrogen and oxygen atoms in total. The lowest BCUT2D eigenvalue weighted by molar-refractivity contribution is 0.0925. The van der Waals surface area contributed by atoms with Gasteiger partial charge >= 0.3 is 0 Å². The summed E-state index contributed by atoms with van der Waals surface area (Å²) in [7, 11) is 3.99. The maximum atomic E-state index is 13.3. The fraction of sp³-hybridized carbons (Fsp3) is 0.256. The molecule has 1 amide bonds. The number of rotatable bonds is 8. The number of Topliss-reactive ketones (excluding diaryl/α,β-unsaturated/α-hetero) is 1. The van der Waals surface area contributed by atoms with Crippen molar-refractivity contribution >= 4 is 40.1 Å². The molecular formula is C39H38N6O2. The number of amides is 1. The lowest BCUT2D eigenvalue weighted by Crippen LogP contribution is -2.40. The van der Waals surface area contributed by atoms with Crippen LogP contribution in [0.3, 0.4) is 0 Å². The van der Waals surface area contributed by atoms with Gasteiger partial charge in [-0.1, -0.05) is 78.9 Å². The molecule has 2 aliphatic rings. The number of hydrogen-bond donors (Lipinski definition) is 2. The summed E-state index contributed by atoms with van der Waals surface area (Å²) in [5, 5.41) is 7.81. The minimum absolute atomic E-state index is 0.0628. The lowest BCUT2D eigenvalue weighted by Gasteiger charge is -2.30. The summed E-state index contributed by atoms with van der Waals surface area (Å²) in [5.41, 5.74) is 5.90. The Hall–Kier alpha value is -5.37. The number of fused-ring (bicyclic) bond motifs is 2. The molecule has 5 aromatic rings. The minimum Gasteiger partial charge on any atom is -0.362 e. The molecule has 47 heavy (non-hydrogen) atoms. The molecule has 2 N–H and O–H groups in total. The fourth-order valence-corrected chi connectivity index (χ4v) is 6.72. The van der Waals surface area contributed by atoms with E-state index in [1.807, 2.05) is 122 Å². The number of anilines is 2. The molecule has 0 radical (unpaired) electrons. The molecule has 1 atom stereocenters. The lowest BCUT2D eigenvalue weighted by atomic mass is 9.91. The number of ketones is 1. The Morgan fingerprint density at radius 3 is 2.19 bits per heavy atom. The second-order valence-electron chi connectivity index (χ2n) is 12.6. The summed E-state index contributed by atoms with van der Waals surface area (Å²) in [6.45, 7) is 0.427. The van der Waals surface area contributed by atoms with Crippen LogP contribution in [0.15, 0.2) is 108 Å². The standard InChI is InChI=1S/C39H38N6O2/c1-45(2)37-32-14-8-9-15-33(32)43-39(44-37)42-29-22-20-28(21-23-29)41-38(47)27-18-16-25(17-19-27)24-40-35-30-12-6-7-13-31(30)36(46)34(35)26-10-4-3-5-11-26/h3-19,28-29,34H,20-24H2,1-2H3,(H,41,47)(H,42,43,44)/b40-35-/t28-,29+,34?. The maximum absolute atomic E-state index is 13.3. The van der Waals surface area contributed by atoms with Gasteiger partial charge in [0.2, 0.25) is 5.95 Å². The Morgan fingerprint density at radius 1 is 0.787 bits per heavy atom. The van der Waals surface area contributed by atoms with E-state index in [-0.39, 0.29) is 23.8 Å². The number of para-hydroxylation sites is 1. The molecule has 1 fully saturated rings. The molecule has 7 rings (SSSR count). The molecule has 1 heterocycles. The summed E-state index contributed by atoms with van der Waals surface area (Å²) >= 11 is 0. The van der Waals surface area contributed by atoms with Crippen LogP contribution >= 0.6 is 0 Å². The van der Waals surface area contributed by atoms with Crippen molar-refractivity contribution in [3.63, 3.8) is 0 Å². The number of nitrogens with zero attached hydrogens (tertiary/aromatic N) is 4. The smallest absolute Gasteiger partial charge is 0.251 e. The Labute approximate surface area is 275 Å². The van der Waals surface area contributed by atoms with Crippen LogP contribution < -0.4 is 15.5 Å². The van der Waals surface area contributed by atoms with Gasteiger partial charge < -0.3 is 15.5 Å². The Balaban J connectivity index is 0.959. The third-order valence-electron chi connectivity index (χ3n) is 9.19. The predicted molar refractivity (Wildman–Crippen MR) is 188 cm³/mol. The Morgan fingerprint density at radius 2 is 1.45 bits per heavy atom. The average Bonchev–Trinajstić information content (AvgIpc) is 3.39. The molecule has 1 aromatic heterocycles. The van der Waals surface area contributed by atoms with Crippen LogP contribution in [-0.2, 0) is 6.54 Å². The van der Waals surface area contributed by atoms with Crippen molar-refractivity contribution in [3.05, 3.63) is 131 Å². The van der Waals surface area contributed by atoms with E-state index in [1.165, 1.54) is 0 Å². The molecule has 0 aliphatic heterocycles. The Bertz CT molecular complexity index is 1950. The number of carbonyl (C=O) groups is 2. The van der Waals surface area contributed by atoms with E-state index in [4.69, 9.17) is 15.0 Å². The number of aliphatic imine (C=N–C) groups is 1. The first kappa shape index (κ1) is 30.3. The molecule has 236 valence electrons. The normalized spacial score (nSPS) is 19.8. The summed E-state index contributed by atoms with van der Waals surface area (Å²) in [6.07, 6.45) is 3.62. The monoisotopic (exact) mass is 622 g/mol. The molecular weight excluding hydrogens is 584 g/mol. The zero-order valence-electron chi connectivity index (χ0n) is 26.7. The molecule has 1 unspecified atom stereocenters. The van der Waals surface area contributed by atoms with Crippen molar-refractivity contribution in [1.29, 1.82) is 0 Å². The Kier molecular flexibility index (Phi) is 8.48. The molecule has 8 heteroatoms. The predicted octanol–water partition coefficient (Wildman–Crippen LogP) is 6.82.